The summed E-state index contributed by atoms with van der Waals surface area (Å²) in [7, 11) is -3.49. The van der Waals surface area contributed by atoms with Crippen LogP contribution in [0.3, 0.4) is 0 Å². The standard InChI is InChI=1S/C15H19ClO4S/c1-10-8-13(20-11-6-4-3-5-7-11)14(21(2,18)19)9-12(10)15(16)17/h8-9,11H,3-7H2,1-2H3. The van der Waals surface area contributed by atoms with Crippen molar-refractivity contribution in [1.29, 1.82) is 0 Å². The van der Waals surface area contributed by atoms with Crippen LogP contribution in [0, 0.1) is 6.92 Å². The molecule has 1 aliphatic carbocycles. The van der Waals surface area contributed by atoms with E-state index in [4.69, 9.17) is 16.3 Å². The lowest BCUT2D eigenvalue weighted by atomic mass is 9.98. The van der Waals surface area contributed by atoms with Crippen LogP contribution < -0.4 is 4.74 Å². The fourth-order valence-electron chi connectivity index (χ4n) is 2.62. The number of carbonyl (C=O) groups excluding carboxylic acids is 1. The van der Waals surface area contributed by atoms with E-state index in [9.17, 15) is 13.2 Å². The number of hydrogen-bond acceptors (Lipinski definition) is 4. The number of aryl methyl sites for hydroxylation is 1. The average Bonchev–Trinajstić information content (AvgIpc) is 2.38. The van der Waals surface area contributed by atoms with Gasteiger partial charge >= 0.3 is 0 Å². The fraction of sp³-hybridized carbons (Fsp3) is 0.533. The maximum atomic E-state index is 11.9. The van der Waals surface area contributed by atoms with Gasteiger partial charge in [-0.25, -0.2) is 8.42 Å². The first-order valence-corrected chi connectivity index (χ1v) is 9.27. The first-order valence-electron chi connectivity index (χ1n) is 7.00. The Balaban J connectivity index is 2.43. The molecule has 4 nitrogen and oxygen atoms in total. The van der Waals surface area contributed by atoms with Crippen molar-refractivity contribution in [3.05, 3.63) is 23.3 Å². The minimum atomic E-state index is -3.49. The first-order chi connectivity index (χ1) is 9.79. The van der Waals surface area contributed by atoms with E-state index in [1.807, 2.05) is 0 Å². The number of hydrogen-bond donors (Lipinski definition) is 0. The molecule has 1 aliphatic rings. The van der Waals surface area contributed by atoms with Crippen LogP contribution in [0.2, 0.25) is 0 Å². The van der Waals surface area contributed by atoms with Crippen molar-refractivity contribution in [2.24, 2.45) is 0 Å². The third-order valence-electron chi connectivity index (χ3n) is 3.75. The van der Waals surface area contributed by atoms with E-state index >= 15 is 0 Å². The van der Waals surface area contributed by atoms with Crippen LogP contribution in [0.15, 0.2) is 17.0 Å². The number of ether oxygens (including phenoxy) is 1. The first kappa shape index (κ1) is 16.3. The monoisotopic (exact) mass is 330 g/mol. The van der Waals surface area contributed by atoms with Gasteiger partial charge in [0.1, 0.15) is 10.6 Å². The van der Waals surface area contributed by atoms with Crippen LogP contribution in [-0.2, 0) is 9.84 Å². The molecule has 0 saturated heterocycles. The second-order valence-corrected chi connectivity index (χ2v) is 7.87. The summed E-state index contributed by atoms with van der Waals surface area (Å²) < 4.78 is 29.8. The van der Waals surface area contributed by atoms with Crippen LogP contribution in [-0.4, -0.2) is 26.0 Å². The Labute approximate surface area is 130 Å². The minimum Gasteiger partial charge on any atom is -0.489 e. The molecule has 0 aliphatic heterocycles. The fourth-order valence-corrected chi connectivity index (χ4v) is 3.63. The van der Waals surface area contributed by atoms with Crippen molar-refractivity contribution in [2.75, 3.05) is 6.26 Å². The van der Waals surface area contributed by atoms with Crippen molar-refractivity contribution >= 4 is 26.7 Å². The SMILES string of the molecule is Cc1cc(OC2CCCCC2)c(S(C)(=O)=O)cc1C(=O)Cl. The predicted octanol–water partition coefficient (Wildman–Crippen LogP) is 3.49. The summed E-state index contributed by atoms with van der Waals surface area (Å²) in [6, 6.07) is 2.92. The van der Waals surface area contributed by atoms with Gasteiger partial charge in [-0.2, -0.15) is 0 Å². The molecule has 6 heteroatoms. The van der Waals surface area contributed by atoms with Gasteiger partial charge in [0.25, 0.3) is 5.24 Å². The Morgan fingerprint density at radius 3 is 2.38 bits per heavy atom. The molecule has 0 radical (unpaired) electrons. The predicted molar refractivity (Wildman–Crippen MR) is 82.0 cm³/mol. The van der Waals surface area contributed by atoms with Crippen LogP contribution in [0.1, 0.15) is 48.0 Å². The van der Waals surface area contributed by atoms with Gasteiger partial charge in [0.05, 0.1) is 6.10 Å². The summed E-state index contributed by atoms with van der Waals surface area (Å²) in [4.78, 5) is 11.4. The Bertz CT molecular complexity index is 646. The lowest BCUT2D eigenvalue weighted by molar-refractivity contribution is 0.108. The molecule has 0 unspecified atom stereocenters. The highest BCUT2D eigenvalue weighted by molar-refractivity contribution is 7.90. The summed E-state index contributed by atoms with van der Waals surface area (Å²) in [6.07, 6.45) is 6.38. The highest BCUT2D eigenvalue weighted by Gasteiger charge is 2.23. The number of benzene rings is 1. The van der Waals surface area contributed by atoms with E-state index in [2.05, 4.69) is 0 Å². The van der Waals surface area contributed by atoms with E-state index in [0.29, 0.717) is 11.3 Å². The molecule has 0 amide bonds. The minimum absolute atomic E-state index is 0.0303. The van der Waals surface area contributed by atoms with E-state index in [-0.39, 0.29) is 16.6 Å². The molecule has 0 aromatic heterocycles. The van der Waals surface area contributed by atoms with Crippen LogP contribution >= 0.6 is 11.6 Å². The smallest absolute Gasteiger partial charge is 0.252 e. The van der Waals surface area contributed by atoms with Gasteiger partial charge in [-0.3, -0.25) is 4.79 Å². The molecule has 0 spiro atoms. The Morgan fingerprint density at radius 2 is 1.86 bits per heavy atom. The summed E-state index contributed by atoms with van der Waals surface area (Å²) >= 11 is 5.50. The zero-order chi connectivity index (χ0) is 15.6. The highest BCUT2D eigenvalue weighted by Crippen LogP contribution is 2.32. The molecule has 0 heterocycles. The Morgan fingerprint density at radius 1 is 1.24 bits per heavy atom. The molecular weight excluding hydrogens is 312 g/mol. The third-order valence-corrected chi connectivity index (χ3v) is 5.07. The van der Waals surface area contributed by atoms with E-state index in [0.717, 1.165) is 31.9 Å². The van der Waals surface area contributed by atoms with Gasteiger partial charge < -0.3 is 4.74 Å². The van der Waals surface area contributed by atoms with Gasteiger partial charge in [0.2, 0.25) is 0 Å². The van der Waals surface area contributed by atoms with Crippen molar-refractivity contribution in [2.45, 2.75) is 50.0 Å². The molecule has 1 aromatic rings. The lowest BCUT2D eigenvalue weighted by Gasteiger charge is -2.24. The van der Waals surface area contributed by atoms with Gasteiger partial charge in [0.15, 0.2) is 9.84 Å². The largest absolute Gasteiger partial charge is 0.489 e. The topological polar surface area (TPSA) is 60.4 Å². The maximum absolute atomic E-state index is 11.9. The number of sulfone groups is 1. The average molecular weight is 331 g/mol. The van der Waals surface area contributed by atoms with Gasteiger partial charge in [-0.15, -0.1) is 0 Å². The lowest BCUT2D eigenvalue weighted by Crippen LogP contribution is -2.21. The van der Waals surface area contributed by atoms with Crippen molar-refractivity contribution in [3.63, 3.8) is 0 Å². The van der Waals surface area contributed by atoms with Crippen molar-refractivity contribution < 1.29 is 17.9 Å². The van der Waals surface area contributed by atoms with Crippen molar-refractivity contribution in [3.8, 4) is 5.75 Å². The zero-order valence-electron chi connectivity index (χ0n) is 12.2. The number of rotatable bonds is 4. The summed E-state index contributed by atoms with van der Waals surface area (Å²) in [5.41, 5.74) is 0.821. The molecular formula is C15H19ClO4S. The zero-order valence-corrected chi connectivity index (χ0v) is 13.8. The van der Waals surface area contributed by atoms with E-state index < -0.39 is 15.1 Å². The molecule has 1 saturated carbocycles. The van der Waals surface area contributed by atoms with Crippen molar-refractivity contribution in [1.82, 2.24) is 0 Å². The molecule has 1 fully saturated rings. The second-order valence-electron chi connectivity index (χ2n) is 5.54. The van der Waals surface area contributed by atoms with Crippen LogP contribution in [0.25, 0.3) is 0 Å². The summed E-state index contributed by atoms with van der Waals surface area (Å²) in [5, 5.41) is -0.665. The van der Waals surface area contributed by atoms with Gasteiger partial charge in [0, 0.05) is 11.8 Å². The van der Waals surface area contributed by atoms with Crippen LogP contribution in [0.4, 0.5) is 0 Å². The molecule has 0 atom stereocenters. The van der Waals surface area contributed by atoms with Gasteiger partial charge in [-0.05, 0) is 61.9 Å². The number of carbonyl (C=O) groups is 1. The molecule has 21 heavy (non-hydrogen) atoms. The normalized spacial score (nSPS) is 16.7. The van der Waals surface area contributed by atoms with E-state index in [1.54, 1.807) is 13.0 Å². The quantitative estimate of drug-likeness (QED) is 0.793. The molecule has 1 aromatic carbocycles. The molecule has 2 rings (SSSR count). The molecule has 116 valence electrons. The maximum Gasteiger partial charge on any atom is 0.252 e. The van der Waals surface area contributed by atoms with Crippen LogP contribution in [0.5, 0.6) is 5.75 Å². The number of halogens is 1. The summed E-state index contributed by atoms with van der Waals surface area (Å²) in [6.45, 7) is 1.72. The highest BCUT2D eigenvalue weighted by atomic mass is 35.5. The molecule has 0 N–H and O–H groups in total. The Hall–Kier alpha value is -1.07. The second kappa shape index (κ2) is 6.36. The summed E-state index contributed by atoms with van der Waals surface area (Å²) in [5.74, 6) is 0.323. The Kier molecular flexibility index (Phi) is 4.94. The molecule has 0 bridgehead atoms. The van der Waals surface area contributed by atoms with Gasteiger partial charge in [-0.1, -0.05) is 6.42 Å². The third kappa shape index (κ3) is 3.98. The van der Waals surface area contributed by atoms with E-state index in [1.165, 1.54) is 12.5 Å².